The van der Waals surface area contributed by atoms with E-state index >= 15 is 0 Å². The van der Waals surface area contributed by atoms with Crippen LogP contribution in [0, 0.1) is 46.3 Å². The van der Waals surface area contributed by atoms with E-state index in [4.69, 9.17) is 28.8 Å². The van der Waals surface area contributed by atoms with Gasteiger partial charge in [0.1, 0.15) is 36.3 Å². The zero-order chi connectivity index (χ0) is 103. The Morgan fingerprint density at radius 2 is 0.669 bits per heavy atom. The van der Waals surface area contributed by atoms with Crippen LogP contribution in [0.4, 0.5) is 31.1 Å². The number of alkyl halides is 6. The number of aliphatic hydroxyl groups excluding tert-OH is 1. The number of carbonyl (C=O) groups excluding carboxylic acids is 3. The second kappa shape index (κ2) is 57.1. The summed E-state index contributed by atoms with van der Waals surface area (Å²) in [5.41, 5.74) is -0.337. The molecule has 8 aliphatic carbocycles. The molecule has 8 fully saturated rings. The molecule has 17 nitrogen and oxygen atoms in total. The molecular weight excluding hydrogens is 2900 g/mol. The van der Waals surface area contributed by atoms with E-state index in [1.54, 1.807) is 24.8 Å². The molecule has 3 heterocycles. The molecule has 142 heavy (non-hydrogen) atoms. The van der Waals surface area contributed by atoms with E-state index in [0.29, 0.717) is 76.9 Å². The van der Waals surface area contributed by atoms with Gasteiger partial charge in [-0.1, -0.05) is 164 Å². The topological polar surface area (TPSA) is 208 Å². The number of benzene rings is 9. The largest absolute Gasteiger partial charge is 0.338 e. The summed E-state index contributed by atoms with van der Waals surface area (Å²) >= 11 is 14.6. The van der Waals surface area contributed by atoms with Gasteiger partial charge >= 0.3 is 172 Å². The second-order valence-electron chi connectivity index (χ2n) is 36.8. The van der Waals surface area contributed by atoms with Crippen LogP contribution < -0.4 is 13.3 Å². The zero-order valence-electron chi connectivity index (χ0n) is 79.8. The molecule has 2 N–H and O–H groups in total. The Labute approximate surface area is 907 Å². The van der Waals surface area contributed by atoms with E-state index in [1.165, 1.54) is 97.5 Å². The number of carboxylic acid groups (broad SMARTS) is 1. The number of aliphatic carboxylic acids is 1. The minimum absolute atomic E-state index is 0.0122. The fourth-order valence-electron chi connectivity index (χ4n) is 18.1. The predicted molar refractivity (Wildman–Crippen MR) is 619 cm³/mol. The van der Waals surface area contributed by atoms with Crippen LogP contribution in [0.25, 0.3) is 0 Å². The van der Waals surface area contributed by atoms with Crippen LogP contribution >= 0.6 is 117 Å². The Hall–Kier alpha value is -5.27. The number of imidazole rings is 3. The number of hydrogen-bond acceptors (Lipinski definition) is 13. The molecule has 20 rings (SSSR count). The maximum atomic E-state index is 13.2. The molecule has 12 aromatic rings. The van der Waals surface area contributed by atoms with E-state index in [1.807, 2.05) is 41.5 Å². The van der Waals surface area contributed by atoms with Gasteiger partial charge in [-0.3, -0.25) is 18.5 Å². The van der Waals surface area contributed by atoms with Crippen molar-refractivity contribution in [3.63, 3.8) is 0 Å². The smallest absolute Gasteiger partial charge is 0.257 e. The van der Waals surface area contributed by atoms with E-state index in [9.17, 15) is 50.6 Å². The molecule has 35 heteroatoms. The molecule has 3 aromatic heterocycles. The summed E-state index contributed by atoms with van der Waals surface area (Å²) in [5, 5.41) is 17.8. The summed E-state index contributed by atoms with van der Waals surface area (Å²) in [6.45, 7) is 22.3. The molecule has 8 saturated carbocycles. The summed E-state index contributed by atoms with van der Waals surface area (Å²) in [4.78, 5) is 66.3. The van der Waals surface area contributed by atoms with Crippen molar-refractivity contribution in [2.45, 2.75) is 212 Å². The van der Waals surface area contributed by atoms with Gasteiger partial charge in [-0.15, -0.1) is 0 Å². The number of aliphatic hydroxyl groups is 1. The van der Waals surface area contributed by atoms with Crippen molar-refractivity contribution in [3.05, 3.63) is 354 Å². The predicted octanol–water partition coefficient (Wildman–Crippen LogP) is 29.1. The third-order valence-electron chi connectivity index (χ3n) is 23.1. The van der Waals surface area contributed by atoms with Crippen molar-refractivity contribution in [3.8, 4) is 0 Å². The second-order valence-corrected chi connectivity index (χ2v) is 205. The fraction of sp³-hybridized carbons (Fsp3) is 0.336. The Morgan fingerprint density at radius 1 is 0.415 bits per heavy atom. The molecule has 9 aromatic carbocycles. The number of halogens is 15. The molecule has 0 saturated heterocycles. The SMILES string of the molecule is C=C(OCC12CC3CC(C1)C(O)C(C3)C2)OC(C)(C)C.C=C(OCC12CC3CC(C1)C(OC(=O)C(C)(F)F)C(C3)C2)OC(C)(C)C.CC(F)(F)C(=O)O.CC(F)(F)C(=O)n1ccnc1.I[I-]I(I)I(I)I(I)I.O=C(n1ccnc1)n1ccnc1.c1ccc([S+](c2ccccc2)c2ccccc2)cc1.c1ccc([S+](c2ccccc2)c2ccccc2)cc1.c1ccc([S+](c2ccccc2)c2ccccc2)cc1. The molecule has 8 aliphatic rings. The van der Waals surface area contributed by atoms with Crippen molar-refractivity contribution in [2.75, 3.05) is 13.2 Å². The summed E-state index contributed by atoms with van der Waals surface area (Å²) < 4.78 is 105. The van der Waals surface area contributed by atoms with Crippen molar-refractivity contribution in [1.29, 1.82) is 0 Å². The van der Waals surface area contributed by atoms with Gasteiger partial charge in [0.05, 0.1) is 52.0 Å². The van der Waals surface area contributed by atoms with Crippen molar-refractivity contribution in [2.24, 2.45) is 46.3 Å². The van der Waals surface area contributed by atoms with Crippen molar-refractivity contribution in [1.82, 2.24) is 28.7 Å². The first-order chi connectivity index (χ1) is 67.4. The minimum Gasteiger partial charge on any atom is -0.257 e. The van der Waals surface area contributed by atoms with Crippen LogP contribution in [0.1, 0.15) is 131 Å². The molecule has 4 atom stereocenters. The maximum absolute atomic E-state index is 13.2. The molecule has 4 unspecified atom stereocenters. The first kappa shape index (κ1) is 119. The van der Waals surface area contributed by atoms with Gasteiger partial charge in [0.2, 0.25) is 0 Å². The van der Waals surface area contributed by atoms with Crippen molar-refractivity contribution < 1.29 is 92.7 Å². The van der Waals surface area contributed by atoms with Crippen LogP contribution in [0.2, 0.25) is 0 Å². The van der Waals surface area contributed by atoms with E-state index in [2.05, 4.69) is 394 Å². The van der Waals surface area contributed by atoms with Gasteiger partial charge in [0.15, 0.2) is 44.1 Å². The summed E-state index contributed by atoms with van der Waals surface area (Å²) in [7, 11) is -0.839. The van der Waals surface area contributed by atoms with Crippen molar-refractivity contribution >= 4 is 173 Å². The number of nitrogens with zero attached hydrogens (tertiary/aromatic N) is 6. The quantitative estimate of drug-likeness (QED) is 0.0190. The number of aromatic nitrogens is 6. The van der Waals surface area contributed by atoms with E-state index in [0.717, 1.165) is 61.8 Å². The van der Waals surface area contributed by atoms with Crippen LogP contribution in [0.3, 0.4) is 0 Å². The normalized spacial score (nSPS) is 20.1. The standard InChI is InChI=1S/C20H30F2O4.3C18H15S.C17H28O3.C7H6N4O.C6H6F2N2O.C3H4F2O2.I9/c1-12(26-18(2,3)4)24-11-20-8-13-6-14(9-20)16(15(7-13)10-20)25-17(23)19(5,21)22;3*1-4-10-16(11-5-1)19(17-12-6-2-7-13-17)18-14-8-3-9-15-18;1-11(20-16(2,3)4)19-10-17-7-12-5-13(8-17)15(18)14(6-12)9-17;12-7(10-3-1-8-5-10)11-4-2-9-6-11;1-6(7,8)5(11)10-3-2-9-4-10;1-3(4,5)2(6)7;1-6-8(4)9(5)7(2)3/h13-16H,1,6-11H2,2-5H3;3*1-15H;12-15,18H,1,5-10H2,2-4H3;1-6H;2-4H,1H3;1H3,(H,6,7);/q;3*+1;;;;;-1. The van der Waals surface area contributed by atoms with Gasteiger partial charge in [-0.05, 0) is 264 Å². The summed E-state index contributed by atoms with van der Waals surface area (Å²) in [6.07, 6.45) is 22.8. The number of rotatable bonds is 24. The Kier molecular flexibility index (Phi) is 47.7. The van der Waals surface area contributed by atoms with Gasteiger partial charge < -0.3 is 33.9 Å². The summed E-state index contributed by atoms with van der Waals surface area (Å²) in [6, 6.07) is 96.3. The molecule has 0 spiro atoms. The minimum atomic E-state index is -3.58. The Balaban J connectivity index is 0.000000168. The number of hydrogen-bond donors (Lipinski definition) is 2. The van der Waals surface area contributed by atoms with E-state index in [-0.39, 0.29) is 108 Å². The van der Waals surface area contributed by atoms with Crippen LogP contribution in [0.15, 0.2) is 398 Å². The van der Waals surface area contributed by atoms with Crippen LogP contribution in [-0.2, 0) is 66.0 Å². The monoisotopic (exact) mass is 3020 g/mol. The maximum Gasteiger partial charge on any atom is 0.338 e. The van der Waals surface area contributed by atoms with E-state index < -0.39 is 35.6 Å². The summed E-state index contributed by atoms with van der Waals surface area (Å²) in [5.74, 6) is -11.7. The molecule has 8 bridgehead atoms. The number of esters is 1. The van der Waals surface area contributed by atoms with Gasteiger partial charge in [0.25, 0.3) is 11.9 Å². The number of carboxylic acids is 1. The molecule has 0 aliphatic heterocycles. The fourth-order valence-corrected chi connectivity index (χ4v) is 653. The molecule has 764 valence electrons. The average molecular weight is 3020 g/mol. The third kappa shape index (κ3) is 38.0. The Bertz CT molecular complexity index is 5160. The van der Waals surface area contributed by atoms with Gasteiger partial charge in [-0.2, -0.15) is 26.3 Å². The third-order valence-corrected chi connectivity index (χ3v) is 443. The first-order valence-electron chi connectivity index (χ1n) is 45.5. The van der Waals surface area contributed by atoms with Gasteiger partial charge in [0, 0.05) is 68.8 Å². The molecular formula is C107H119F6I9N6O11S3+2. The number of ether oxygens (including phenoxy) is 5. The van der Waals surface area contributed by atoms with Gasteiger partial charge in [-0.25, -0.2) is 29.3 Å². The van der Waals surface area contributed by atoms with Crippen LogP contribution in [-0.4, -0.2) is 117 Å². The Morgan fingerprint density at radius 3 is 0.880 bits per heavy atom. The zero-order valence-corrected chi connectivity index (χ0v) is 102. The average Bonchev–Trinajstić information content (AvgIpc) is 0.885. The molecule has 0 radical (unpaired) electrons. The first-order valence-corrected chi connectivity index (χ1v) is 99.4. The number of carbonyl (C=O) groups is 4. The van der Waals surface area contributed by atoms with Crippen LogP contribution in [0.5, 0.6) is 0 Å². The molecule has 0 amide bonds.